The van der Waals surface area contributed by atoms with Crippen molar-refractivity contribution in [3.63, 3.8) is 0 Å². The van der Waals surface area contributed by atoms with Crippen LogP contribution in [0.25, 0.3) is 0 Å². The van der Waals surface area contributed by atoms with Gasteiger partial charge in [0.15, 0.2) is 0 Å². The molecule has 1 atom stereocenters. The largest absolute Gasteiger partial charge is 0.376 e. The van der Waals surface area contributed by atoms with Crippen molar-refractivity contribution in [3.05, 3.63) is 16.9 Å². The first-order valence-corrected chi connectivity index (χ1v) is 4.71. The molecule has 1 heterocycles. The first-order chi connectivity index (χ1) is 6.13. The van der Waals surface area contributed by atoms with Crippen molar-refractivity contribution in [1.82, 2.24) is 9.89 Å². The van der Waals surface area contributed by atoms with E-state index in [4.69, 9.17) is 4.74 Å². The van der Waals surface area contributed by atoms with E-state index in [1.54, 1.807) is 19.5 Å². The maximum Gasteiger partial charge on any atom is 0.0939 e. The quantitative estimate of drug-likeness (QED) is 0.764. The van der Waals surface area contributed by atoms with Gasteiger partial charge in [-0.05, 0) is 29.8 Å². The number of halogens is 1. The summed E-state index contributed by atoms with van der Waals surface area (Å²) in [5.41, 5.74) is 0.887. The predicted molar refractivity (Wildman–Crippen MR) is 54.9 cm³/mol. The van der Waals surface area contributed by atoms with Gasteiger partial charge in [0.2, 0.25) is 0 Å². The van der Waals surface area contributed by atoms with Gasteiger partial charge in [-0.15, -0.1) is 0 Å². The lowest BCUT2D eigenvalue weighted by molar-refractivity contribution is 0.169. The number of hydrogen-bond donors (Lipinski definition) is 0. The van der Waals surface area contributed by atoms with Gasteiger partial charge in [0.25, 0.3) is 0 Å². The summed E-state index contributed by atoms with van der Waals surface area (Å²) in [4.78, 5) is 1.51. The maximum atomic E-state index is 5.11. The minimum Gasteiger partial charge on any atom is -0.376 e. The average molecular weight is 246 g/mol. The summed E-state index contributed by atoms with van der Waals surface area (Å²) in [6.45, 7) is 3.85. The molecule has 0 saturated carbocycles. The molecule has 4 nitrogen and oxygen atoms in total. The van der Waals surface area contributed by atoms with Crippen molar-refractivity contribution in [3.8, 4) is 0 Å². The molecule has 72 valence electrons. The Hall–Kier alpha value is -0.680. The van der Waals surface area contributed by atoms with Gasteiger partial charge in [0, 0.05) is 7.11 Å². The molecule has 0 aliphatic rings. The molecule has 13 heavy (non-hydrogen) atoms. The third-order valence-electron chi connectivity index (χ3n) is 1.74. The lowest BCUT2D eigenvalue weighted by Gasteiger charge is -2.07. The van der Waals surface area contributed by atoms with E-state index < -0.39 is 0 Å². The van der Waals surface area contributed by atoms with Crippen LogP contribution in [0.4, 0.5) is 0 Å². The third kappa shape index (κ3) is 2.93. The summed E-state index contributed by atoms with van der Waals surface area (Å²) < 4.78 is 6.02. The van der Waals surface area contributed by atoms with Gasteiger partial charge in [-0.3, -0.25) is 0 Å². The number of methoxy groups -OCH3 is 1. The summed E-state index contributed by atoms with van der Waals surface area (Å²) in [7, 11) is 1.66. The molecule has 0 amide bonds. The summed E-state index contributed by atoms with van der Waals surface area (Å²) in [6, 6.07) is 0. The first kappa shape index (κ1) is 10.4. The van der Waals surface area contributed by atoms with Gasteiger partial charge >= 0.3 is 0 Å². The van der Waals surface area contributed by atoms with Gasteiger partial charge in [0.1, 0.15) is 0 Å². The van der Waals surface area contributed by atoms with Crippen molar-refractivity contribution in [2.24, 2.45) is 5.10 Å². The molecule has 5 heteroatoms. The molecule has 0 fully saturated rings. The van der Waals surface area contributed by atoms with Crippen LogP contribution in [0.5, 0.6) is 0 Å². The molecule has 0 saturated heterocycles. The highest BCUT2D eigenvalue weighted by Gasteiger charge is 2.03. The fourth-order valence-corrected chi connectivity index (χ4v) is 1.03. The second-order valence-electron chi connectivity index (χ2n) is 2.70. The van der Waals surface area contributed by atoms with E-state index in [0.717, 1.165) is 10.2 Å². The predicted octanol–water partition coefficient (Wildman–Crippen LogP) is 1.90. The number of nitrogens with zero attached hydrogens (tertiary/aromatic N) is 3. The molecule has 0 N–H and O–H groups in total. The second kappa shape index (κ2) is 4.53. The van der Waals surface area contributed by atoms with Crippen molar-refractivity contribution >= 4 is 21.6 Å². The smallest absolute Gasteiger partial charge is 0.0939 e. The minimum absolute atomic E-state index is 0.0166. The van der Waals surface area contributed by atoms with Crippen LogP contribution < -0.4 is 0 Å². The van der Waals surface area contributed by atoms with E-state index in [9.17, 15) is 0 Å². The molecular weight excluding hydrogens is 234 g/mol. The molecule has 0 aliphatic carbocycles. The van der Waals surface area contributed by atoms with E-state index in [0.29, 0.717) is 0 Å². The topological polar surface area (TPSA) is 39.4 Å². The van der Waals surface area contributed by atoms with E-state index in [-0.39, 0.29) is 6.10 Å². The Bertz CT molecular complexity index is 308. The zero-order valence-corrected chi connectivity index (χ0v) is 9.45. The number of rotatable bonds is 3. The monoisotopic (exact) mass is 245 g/mol. The average Bonchev–Trinajstić information content (AvgIpc) is 2.49. The number of aromatic nitrogens is 2. The Morgan fingerprint density at radius 3 is 2.92 bits per heavy atom. The first-order valence-electron chi connectivity index (χ1n) is 3.92. The zero-order chi connectivity index (χ0) is 9.84. The number of hydrogen-bond acceptors (Lipinski definition) is 3. The highest BCUT2D eigenvalue weighted by atomic mass is 79.9. The molecule has 0 aliphatic heterocycles. The highest BCUT2D eigenvalue weighted by molar-refractivity contribution is 9.10. The summed E-state index contributed by atoms with van der Waals surface area (Å²) in [6.07, 6.45) is 3.49. The van der Waals surface area contributed by atoms with Crippen LogP contribution in [0.3, 0.4) is 0 Å². The van der Waals surface area contributed by atoms with Crippen molar-refractivity contribution in [1.29, 1.82) is 0 Å². The highest BCUT2D eigenvalue weighted by Crippen LogP contribution is 2.06. The zero-order valence-electron chi connectivity index (χ0n) is 7.86. The Labute approximate surface area is 85.7 Å². The Balaban J connectivity index is 2.76. The van der Waals surface area contributed by atoms with Crippen LogP contribution >= 0.6 is 15.9 Å². The lowest BCUT2D eigenvalue weighted by Crippen LogP contribution is -2.17. The Morgan fingerprint density at radius 2 is 2.46 bits per heavy atom. The molecular formula is C8H12BrN3O. The number of ether oxygens (including phenoxy) is 1. The Morgan fingerprint density at radius 1 is 1.77 bits per heavy atom. The maximum absolute atomic E-state index is 5.11. The summed E-state index contributed by atoms with van der Waals surface area (Å²) in [5.74, 6) is 0. The second-order valence-corrected chi connectivity index (χ2v) is 3.61. The molecule has 0 bridgehead atoms. The van der Waals surface area contributed by atoms with Crippen molar-refractivity contribution in [2.45, 2.75) is 20.0 Å². The van der Waals surface area contributed by atoms with Crippen LogP contribution in [-0.2, 0) is 4.74 Å². The molecule has 0 radical (unpaired) electrons. The van der Waals surface area contributed by atoms with E-state index in [2.05, 4.69) is 26.1 Å². The van der Waals surface area contributed by atoms with Gasteiger partial charge in [-0.1, -0.05) is 0 Å². The van der Waals surface area contributed by atoms with Gasteiger partial charge in [-0.2, -0.15) is 15.0 Å². The van der Waals surface area contributed by atoms with E-state index in [1.165, 1.54) is 4.79 Å². The lowest BCUT2D eigenvalue weighted by atomic mass is 10.3. The van der Waals surface area contributed by atoms with Gasteiger partial charge in [0.05, 0.1) is 28.7 Å². The molecule has 0 spiro atoms. The minimum atomic E-state index is 0.0166. The van der Waals surface area contributed by atoms with Gasteiger partial charge in [-0.25, -0.2) is 0 Å². The van der Waals surface area contributed by atoms with E-state index >= 15 is 0 Å². The fourth-order valence-electron chi connectivity index (χ4n) is 0.759. The van der Waals surface area contributed by atoms with E-state index in [1.807, 2.05) is 13.8 Å². The van der Waals surface area contributed by atoms with Gasteiger partial charge < -0.3 is 4.74 Å². The standard InChI is InChI=1S/C8H12BrN3O/c1-6(7(2)13-3)11-12-5-8(9)4-10-12/h4-5,7H,1-3H3/b11-6+. The molecule has 0 aromatic carbocycles. The van der Waals surface area contributed by atoms with Crippen LogP contribution in [0.1, 0.15) is 13.8 Å². The van der Waals surface area contributed by atoms with Crippen LogP contribution in [0.2, 0.25) is 0 Å². The fraction of sp³-hybridized carbons (Fsp3) is 0.500. The van der Waals surface area contributed by atoms with Crippen LogP contribution in [0.15, 0.2) is 22.0 Å². The normalized spacial score (nSPS) is 14.6. The summed E-state index contributed by atoms with van der Waals surface area (Å²) in [5, 5.41) is 8.22. The van der Waals surface area contributed by atoms with Crippen LogP contribution in [0, 0.1) is 0 Å². The van der Waals surface area contributed by atoms with Crippen LogP contribution in [-0.4, -0.2) is 28.8 Å². The van der Waals surface area contributed by atoms with Crippen molar-refractivity contribution in [2.75, 3.05) is 7.11 Å². The SMILES string of the molecule is COC(C)/C(C)=N/n1cc(Br)cn1. The third-order valence-corrected chi connectivity index (χ3v) is 2.15. The Kier molecular flexibility index (Phi) is 3.62. The molecule has 1 aromatic rings. The molecule has 1 aromatic heterocycles. The molecule has 1 rings (SSSR count). The summed E-state index contributed by atoms with van der Waals surface area (Å²) >= 11 is 3.29. The molecule has 1 unspecified atom stereocenters. The van der Waals surface area contributed by atoms with Crippen molar-refractivity contribution < 1.29 is 4.74 Å².